The normalized spacial score (nSPS) is 14.6. The Kier molecular flexibility index (Phi) is 10.8. The van der Waals surface area contributed by atoms with E-state index in [1.165, 1.54) is 10.6 Å². The Balaban J connectivity index is 1.77. The Morgan fingerprint density at radius 3 is 2.28 bits per heavy atom. The van der Waals surface area contributed by atoms with E-state index in [1.54, 1.807) is 18.1 Å². The number of hydrogen-bond acceptors (Lipinski definition) is 5. The maximum atomic E-state index is 13.6. The lowest BCUT2D eigenvalue weighted by Gasteiger charge is -2.32. The van der Waals surface area contributed by atoms with E-state index in [9.17, 15) is 18.0 Å². The number of amides is 2. The van der Waals surface area contributed by atoms with Crippen LogP contribution in [0.4, 0.5) is 5.69 Å². The highest BCUT2D eigenvalue weighted by Gasteiger charge is 2.30. The van der Waals surface area contributed by atoms with Crippen molar-refractivity contribution in [3.63, 3.8) is 0 Å². The monoisotopic (exact) mass is 557 g/mol. The Hall–Kier alpha value is -3.07. The molecule has 1 fully saturated rings. The summed E-state index contributed by atoms with van der Waals surface area (Å²) in [6.07, 6.45) is 6.27. The summed E-state index contributed by atoms with van der Waals surface area (Å²) in [7, 11) is -1.94. The van der Waals surface area contributed by atoms with Crippen LogP contribution >= 0.6 is 0 Å². The van der Waals surface area contributed by atoms with Crippen LogP contribution in [0.5, 0.6) is 5.75 Å². The summed E-state index contributed by atoms with van der Waals surface area (Å²) in [6, 6.07) is 12.6. The summed E-state index contributed by atoms with van der Waals surface area (Å²) in [5.74, 6) is 0.418. The molecular weight excluding hydrogens is 514 g/mol. The molecule has 0 bridgehead atoms. The van der Waals surface area contributed by atoms with Gasteiger partial charge in [-0.25, -0.2) is 8.42 Å². The summed E-state index contributed by atoms with van der Waals surface area (Å²) in [6.45, 7) is 6.30. The zero-order valence-electron chi connectivity index (χ0n) is 23.9. The minimum atomic E-state index is -3.54. The van der Waals surface area contributed by atoms with Crippen LogP contribution in [0, 0.1) is 13.8 Å². The van der Waals surface area contributed by atoms with Crippen LogP contribution in [-0.2, 0) is 26.2 Å². The molecule has 0 aromatic heterocycles. The van der Waals surface area contributed by atoms with E-state index in [1.807, 2.05) is 57.2 Å². The van der Waals surface area contributed by atoms with Crippen LogP contribution in [0.3, 0.4) is 0 Å². The highest BCUT2D eigenvalue weighted by molar-refractivity contribution is 7.92. The number of rotatable bonds is 13. The molecule has 0 heterocycles. The topological polar surface area (TPSA) is 96.0 Å². The summed E-state index contributed by atoms with van der Waals surface area (Å²) in [5, 5.41) is 3.15. The number of nitrogens with zero attached hydrogens (tertiary/aromatic N) is 2. The first kappa shape index (κ1) is 30.5. The Morgan fingerprint density at radius 1 is 1.05 bits per heavy atom. The number of carbonyl (C=O) groups is 2. The van der Waals surface area contributed by atoms with E-state index < -0.39 is 16.1 Å². The summed E-state index contributed by atoms with van der Waals surface area (Å²) < 4.78 is 31.8. The van der Waals surface area contributed by atoms with Crippen molar-refractivity contribution in [1.82, 2.24) is 10.2 Å². The summed E-state index contributed by atoms with van der Waals surface area (Å²) >= 11 is 0. The van der Waals surface area contributed by atoms with Crippen molar-refractivity contribution < 1.29 is 22.7 Å². The third kappa shape index (κ3) is 8.46. The van der Waals surface area contributed by atoms with Crippen molar-refractivity contribution in [1.29, 1.82) is 0 Å². The number of anilines is 1. The van der Waals surface area contributed by atoms with Gasteiger partial charge in [0.15, 0.2) is 0 Å². The van der Waals surface area contributed by atoms with Gasteiger partial charge in [0, 0.05) is 25.6 Å². The second-order valence-corrected chi connectivity index (χ2v) is 12.4. The van der Waals surface area contributed by atoms with Crippen LogP contribution in [-0.4, -0.2) is 57.1 Å². The molecule has 2 aromatic rings. The molecule has 1 unspecified atom stereocenters. The van der Waals surface area contributed by atoms with Crippen molar-refractivity contribution in [3.8, 4) is 5.75 Å². The summed E-state index contributed by atoms with van der Waals surface area (Å²) in [5.41, 5.74) is 3.56. The molecule has 1 aliphatic carbocycles. The molecule has 1 N–H and O–H groups in total. The quantitative estimate of drug-likeness (QED) is 0.384. The number of nitrogens with one attached hydrogen (secondary N) is 1. The van der Waals surface area contributed by atoms with Gasteiger partial charge in [0.1, 0.15) is 11.8 Å². The maximum absolute atomic E-state index is 13.6. The fourth-order valence-corrected chi connectivity index (χ4v) is 6.06. The minimum Gasteiger partial charge on any atom is -0.497 e. The number of hydrogen-bond donors (Lipinski definition) is 1. The summed E-state index contributed by atoms with van der Waals surface area (Å²) in [4.78, 5) is 28.6. The van der Waals surface area contributed by atoms with Gasteiger partial charge in [-0.15, -0.1) is 0 Å². The average molecular weight is 558 g/mol. The molecule has 0 spiro atoms. The zero-order chi connectivity index (χ0) is 28.6. The first-order valence-electron chi connectivity index (χ1n) is 13.8. The Labute approximate surface area is 233 Å². The molecule has 0 aliphatic heterocycles. The van der Waals surface area contributed by atoms with Crippen molar-refractivity contribution >= 4 is 27.5 Å². The van der Waals surface area contributed by atoms with Crippen molar-refractivity contribution in [2.45, 2.75) is 84.3 Å². The van der Waals surface area contributed by atoms with Crippen LogP contribution < -0.4 is 14.4 Å². The molecule has 3 rings (SSSR count). The van der Waals surface area contributed by atoms with Gasteiger partial charge >= 0.3 is 0 Å². The van der Waals surface area contributed by atoms with E-state index in [0.29, 0.717) is 18.5 Å². The Morgan fingerprint density at radius 2 is 1.72 bits per heavy atom. The molecule has 8 nitrogen and oxygen atoms in total. The van der Waals surface area contributed by atoms with Gasteiger partial charge in [-0.05, 0) is 80.5 Å². The molecule has 1 aliphatic rings. The number of benzene rings is 2. The number of ether oxygens (including phenoxy) is 1. The molecule has 2 amide bonds. The third-order valence-electron chi connectivity index (χ3n) is 7.53. The molecule has 0 saturated heterocycles. The minimum absolute atomic E-state index is 0.125. The Bertz CT molecular complexity index is 1220. The zero-order valence-corrected chi connectivity index (χ0v) is 24.7. The lowest BCUT2D eigenvalue weighted by Crippen LogP contribution is -2.51. The number of sulfonamides is 1. The molecular formula is C30H43N3O5S. The van der Waals surface area contributed by atoms with E-state index in [2.05, 4.69) is 5.32 Å². The van der Waals surface area contributed by atoms with E-state index >= 15 is 0 Å². The maximum Gasteiger partial charge on any atom is 0.243 e. The van der Waals surface area contributed by atoms with Gasteiger partial charge in [-0.2, -0.15) is 0 Å². The van der Waals surface area contributed by atoms with Crippen molar-refractivity contribution in [2.24, 2.45) is 0 Å². The molecule has 39 heavy (non-hydrogen) atoms. The SMILES string of the molecule is CCC(C(=O)NC1CCCC1)N(Cc1ccc(OC)cc1)C(=O)CCCN(c1ccc(C)c(C)c1)S(C)(=O)=O. The second-order valence-electron chi connectivity index (χ2n) is 10.5. The van der Waals surface area contributed by atoms with Gasteiger partial charge in [0.05, 0.1) is 19.1 Å². The van der Waals surface area contributed by atoms with Crippen LogP contribution in [0.15, 0.2) is 42.5 Å². The van der Waals surface area contributed by atoms with Gasteiger partial charge in [-0.3, -0.25) is 13.9 Å². The predicted molar refractivity (Wildman–Crippen MR) is 155 cm³/mol. The fourth-order valence-electron chi connectivity index (χ4n) is 5.10. The molecule has 1 saturated carbocycles. The number of carbonyl (C=O) groups excluding carboxylic acids is 2. The van der Waals surface area contributed by atoms with Gasteiger partial charge in [0.2, 0.25) is 21.8 Å². The standard InChI is InChI=1S/C30H43N3O5S/c1-6-28(30(35)31-25-10-7-8-11-25)32(21-24-14-17-27(38-4)18-15-24)29(34)12-9-19-33(39(5,36)37)26-16-13-22(2)23(3)20-26/h13-18,20,25,28H,6-12,19,21H2,1-5H3,(H,31,35). The van der Waals surface area contributed by atoms with Crippen LogP contribution in [0.2, 0.25) is 0 Å². The van der Waals surface area contributed by atoms with E-state index in [-0.39, 0.29) is 37.4 Å². The third-order valence-corrected chi connectivity index (χ3v) is 8.72. The fraction of sp³-hybridized carbons (Fsp3) is 0.533. The van der Waals surface area contributed by atoms with Crippen LogP contribution in [0.25, 0.3) is 0 Å². The highest BCUT2D eigenvalue weighted by atomic mass is 32.2. The predicted octanol–water partition coefficient (Wildman–Crippen LogP) is 4.72. The molecule has 0 radical (unpaired) electrons. The van der Waals surface area contributed by atoms with Crippen LogP contribution in [0.1, 0.15) is 68.6 Å². The highest BCUT2D eigenvalue weighted by Crippen LogP contribution is 2.23. The van der Waals surface area contributed by atoms with Crippen molar-refractivity contribution in [3.05, 3.63) is 59.2 Å². The molecule has 1 atom stereocenters. The second kappa shape index (κ2) is 13.8. The molecule has 9 heteroatoms. The molecule has 2 aromatic carbocycles. The van der Waals surface area contributed by atoms with Gasteiger partial charge < -0.3 is 15.0 Å². The smallest absolute Gasteiger partial charge is 0.243 e. The molecule has 214 valence electrons. The average Bonchev–Trinajstić information content (AvgIpc) is 3.40. The van der Waals surface area contributed by atoms with E-state index in [0.717, 1.165) is 48.1 Å². The first-order chi connectivity index (χ1) is 18.5. The first-order valence-corrected chi connectivity index (χ1v) is 15.7. The van der Waals surface area contributed by atoms with E-state index in [4.69, 9.17) is 4.74 Å². The lowest BCUT2D eigenvalue weighted by atomic mass is 10.1. The number of methoxy groups -OCH3 is 1. The van der Waals surface area contributed by atoms with Gasteiger partial charge in [0.25, 0.3) is 0 Å². The lowest BCUT2D eigenvalue weighted by molar-refractivity contribution is -0.141. The van der Waals surface area contributed by atoms with Crippen molar-refractivity contribution in [2.75, 3.05) is 24.2 Å². The number of aryl methyl sites for hydroxylation is 2. The van der Waals surface area contributed by atoms with Gasteiger partial charge in [-0.1, -0.05) is 38.0 Å². The largest absolute Gasteiger partial charge is 0.497 e.